The topological polar surface area (TPSA) is 37.3 Å². The van der Waals surface area contributed by atoms with Crippen LogP contribution in [0.3, 0.4) is 0 Å². The zero-order valence-electron chi connectivity index (χ0n) is 27.4. The molecule has 0 aromatic carbocycles. The number of rotatable bonds is 4. The molecule has 226 valence electrons. The molecule has 1 N–H and O–H groups in total. The first-order valence-electron chi connectivity index (χ1n) is 17.2. The molecule has 4 saturated carbocycles. The number of aliphatic hydroxyl groups excluding tert-OH is 1. The van der Waals surface area contributed by atoms with E-state index in [1.54, 1.807) is 0 Å². The van der Waals surface area contributed by atoms with Crippen molar-refractivity contribution in [3.05, 3.63) is 23.3 Å². The first-order chi connectivity index (χ1) is 18.8. The molecule has 4 bridgehead atoms. The summed E-state index contributed by atoms with van der Waals surface area (Å²) in [6.45, 7) is 19.4. The molecule has 6 rings (SSSR count). The third kappa shape index (κ3) is 4.73. The van der Waals surface area contributed by atoms with Crippen LogP contribution in [-0.2, 0) is 4.79 Å². The number of aliphatic hydroxyl groups is 1. The summed E-state index contributed by atoms with van der Waals surface area (Å²) in [6.07, 6.45) is 21.8. The Morgan fingerprint density at radius 2 is 1.27 bits per heavy atom. The van der Waals surface area contributed by atoms with Gasteiger partial charge in [-0.25, -0.2) is 0 Å². The Balaban J connectivity index is 0.000000161. The summed E-state index contributed by atoms with van der Waals surface area (Å²) < 4.78 is 0. The summed E-state index contributed by atoms with van der Waals surface area (Å²) in [5.74, 6) is 5.69. The van der Waals surface area contributed by atoms with E-state index < -0.39 is 0 Å². The summed E-state index contributed by atoms with van der Waals surface area (Å²) in [5.41, 5.74) is 3.84. The highest BCUT2D eigenvalue weighted by atomic mass is 16.3. The first kappa shape index (κ1) is 30.6. The lowest BCUT2D eigenvalue weighted by atomic mass is 9.53. The van der Waals surface area contributed by atoms with E-state index in [0.717, 1.165) is 36.0 Å². The van der Waals surface area contributed by atoms with Gasteiger partial charge < -0.3 is 9.90 Å². The van der Waals surface area contributed by atoms with Crippen LogP contribution in [0.15, 0.2) is 23.3 Å². The zero-order chi connectivity index (χ0) is 29.1. The van der Waals surface area contributed by atoms with Crippen LogP contribution in [0, 0.1) is 69.0 Å². The number of aldehydes is 1. The molecular weight excluding hydrogens is 488 g/mol. The second-order valence-corrected chi connectivity index (χ2v) is 17.1. The fraction of sp³-hybridized carbons (Fsp3) is 0.868. The maximum absolute atomic E-state index is 12.3. The van der Waals surface area contributed by atoms with E-state index in [1.807, 2.05) is 0 Å². The van der Waals surface area contributed by atoms with Crippen LogP contribution in [0.1, 0.15) is 132 Å². The summed E-state index contributed by atoms with van der Waals surface area (Å²) in [6, 6.07) is 0. The van der Waals surface area contributed by atoms with Crippen molar-refractivity contribution >= 4 is 6.29 Å². The average Bonchev–Trinajstić information content (AvgIpc) is 3.62. The molecule has 2 heteroatoms. The van der Waals surface area contributed by atoms with Gasteiger partial charge in [0.15, 0.2) is 0 Å². The lowest BCUT2D eigenvalue weighted by molar-refractivity contribution is -0.129. The molecule has 0 radical (unpaired) electrons. The quantitative estimate of drug-likeness (QED) is 0.279. The van der Waals surface area contributed by atoms with Gasteiger partial charge in [-0.1, -0.05) is 64.8 Å². The van der Waals surface area contributed by atoms with E-state index in [-0.39, 0.29) is 10.8 Å². The van der Waals surface area contributed by atoms with Gasteiger partial charge in [-0.2, -0.15) is 0 Å². The van der Waals surface area contributed by atoms with Gasteiger partial charge in [-0.05, 0) is 149 Å². The number of fused-ring (bicyclic) bond motifs is 4. The van der Waals surface area contributed by atoms with E-state index in [0.29, 0.717) is 35.2 Å². The molecule has 6 aliphatic rings. The van der Waals surface area contributed by atoms with Crippen LogP contribution in [-0.4, -0.2) is 18.0 Å². The number of carbonyl (C=O) groups excluding carboxylic acids is 1. The molecule has 0 saturated heterocycles. The van der Waals surface area contributed by atoms with Gasteiger partial charge in [0.05, 0.1) is 0 Å². The van der Waals surface area contributed by atoms with Gasteiger partial charge in [0.1, 0.15) is 6.29 Å². The van der Waals surface area contributed by atoms with Gasteiger partial charge in [-0.15, -0.1) is 0 Å². The van der Waals surface area contributed by atoms with Crippen molar-refractivity contribution < 1.29 is 9.90 Å². The van der Waals surface area contributed by atoms with Crippen LogP contribution >= 0.6 is 0 Å². The minimum Gasteiger partial charge on any atom is -0.396 e. The van der Waals surface area contributed by atoms with Crippen LogP contribution < -0.4 is 0 Å². The van der Waals surface area contributed by atoms with Crippen molar-refractivity contribution in [3.8, 4) is 0 Å². The second-order valence-electron chi connectivity index (χ2n) is 17.1. The largest absolute Gasteiger partial charge is 0.396 e. The Labute approximate surface area is 247 Å². The summed E-state index contributed by atoms with van der Waals surface area (Å²) >= 11 is 0. The highest BCUT2D eigenvalue weighted by Gasteiger charge is 2.62. The lowest BCUT2D eigenvalue weighted by Gasteiger charge is -2.52. The van der Waals surface area contributed by atoms with E-state index in [2.05, 4.69) is 67.5 Å². The molecule has 10 unspecified atom stereocenters. The number of carbonyl (C=O) groups is 1. The number of hydrogen-bond acceptors (Lipinski definition) is 2. The monoisotopic (exact) mass is 550 g/mol. The van der Waals surface area contributed by atoms with Crippen LogP contribution in [0.25, 0.3) is 0 Å². The third-order valence-corrected chi connectivity index (χ3v) is 14.5. The molecular formula is C38H62O2. The minimum absolute atomic E-state index is 0.0961. The normalized spacial score (nSPS) is 47.0. The van der Waals surface area contributed by atoms with E-state index in [4.69, 9.17) is 0 Å². The Hall–Kier alpha value is -0.890. The minimum atomic E-state index is -0.0961. The highest BCUT2D eigenvalue weighted by Crippen LogP contribution is 2.68. The Bertz CT molecular complexity index is 1000. The molecule has 0 aromatic heterocycles. The van der Waals surface area contributed by atoms with Gasteiger partial charge in [0.2, 0.25) is 0 Å². The van der Waals surface area contributed by atoms with Crippen molar-refractivity contribution in [2.75, 3.05) is 6.61 Å². The summed E-state index contributed by atoms with van der Waals surface area (Å²) in [5, 5.41) is 10.4. The molecule has 0 spiro atoms. The van der Waals surface area contributed by atoms with Crippen molar-refractivity contribution in [1.82, 2.24) is 0 Å². The molecule has 0 aromatic rings. The zero-order valence-corrected chi connectivity index (χ0v) is 27.4. The maximum atomic E-state index is 12.3. The Morgan fingerprint density at radius 1 is 0.775 bits per heavy atom. The molecule has 6 aliphatic carbocycles. The first-order valence-corrected chi connectivity index (χ1v) is 17.2. The predicted octanol–water partition coefficient (Wildman–Crippen LogP) is 9.81. The smallest absolute Gasteiger partial charge is 0.127 e. The molecule has 0 amide bonds. The van der Waals surface area contributed by atoms with E-state index in [1.165, 1.54) is 88.1 Å². The highest BCUT2D eigenvalue weighted by molar-refractivity contribution is 5.62. The van der Waals surface area contributed by atoms with Crippen molar-refractivity contribution in [1.29, 1.82) is 0 Å². The summed E-state index contributed by atoms with van der Waals surface area (Å²) in [7, 11) is 0. The standard InChI is InChI=1S/C19H32O.C19H30O/c2*1-13-6-5-9-19(12-20,14(2)10-13)17-15-7-8-16(11-15)18(17,3)4/h10,14-17,20H,5-9,11-12H2,1-4H3;10,12,14-17H,5-9,11H2,1-4H3. The van der Waals surface area contributed by atoms with Crippen molar-refractivity contribution in [3.63, 3.8) is 0 Å². The Kier molecular flexibility index (Phi) is 8.40. The molecule has 10 atom stereocenters. The SMILES string of the molecule is CC1=CC(C)C(C=O)(C2C3CCC(C3)C2(C)C)CCC1.CC1=CC(C)C(CO)(C2C3CCC(C3)C2(C)C)CCC1. The molecule has 0 heterocycles. The Morgan fingerprint density at radius 3 is 1.75 bits per heavy atom. The maximum Gasteiger partial charge on any atom is 0.127 e. The third-order valence-electron chi connectivity index (χ3n) is 14.5. The second kappa shape index (κ2) is 11.0. The van der Waals surface area contributed by atoms with Crippen LogP contribution in [0.2, 0.25) is 0 Å². The van der Waals surface area contributed by atoms with E-state index >= 15 is 0 Å². The fourth-order valence-corrected chi connectivity index (χ4v) is 12.7. The molecule has 4 fully saturated rings. The summed E-state index contributed by atoms with van der Waals surface area (Å²) in [4.78, 5) is 12.3. The van der Waals surface area contributed by atoms with Crippen molar-refractivity contribution in [2.24, 2.45) is 69.0 Å². The predicted molar refractivity (Wildman–Crippen MR) is 168 cm³/mol. The van der Waals surface area contributed by atoms with Crippen LogP contribution in [0.5, 0.6) is 0 Å². The number of hydrogen-bond donors (Lipinski definition) is 1. The van der Waals surface area contributed by atoms with Gasteiger partial charge >= 0.3 is 0 Å². The fourth-order valence-electron chi connectivity index (χ4n) is 12.7. The van der Waals surface area contributed by atoms with Crippen molar-refractivity contribution in [2.45, 2.75) is 132 Å². The van der Waals surface area contributed by atoms with Gasteiger partial charge in [0.25, 0.3) is 0 Å². The average molecular weight is 551 g/mol. The van der Waals surface area contributed by atoms with Gasteiger partial charge in [0, 0.05) is 17.4 Å². The molecule has 2 nitrogen and oxygen atoms in total. The van der Waals surface area contributed by atoms with Gasteiger partial charge in [-0.3, -0.25) is 0 Å². The van der Waals surface area contributed by atoms with Crippen LogP contribution in [0.4, 0.5) is 0 Å². The lowest BCUT2D eigenvalue weighted by Crippen LogP contribution is -2.48. The molecule has 40 heavy (non-hydrogen) atoms. The number of allylic oxidation sites excluding steroid dienone is 4. The van der Waals surface area contributed by atoms with E-state index in [9.17, 15) is 9.90 Å². The molecule has 0 aliphatic heterocycles.